The second-order valence-electron chi connectivity index (χ2n) is 18.4. The maximum Gasteiger partial charge on any atom is 0.0714 e. The van der Waals surface area contributed by atoms with Gasteiger partial charge in [-0.15, -0.1) is 0 Å². The molecule has 0 N–H and O–H groups in total. The predicted molar refractivity (Wildman–Crippen MR) is 259 cm³/mol. The van der Waals surface area contributed by atoms with Gasteiger partial charge in [0.1, 0.15) is 0 Å². The zero-order valence-corrected chi connectivity index (χ0v) is 35.7. The number of anilines is 3. The Morgan fingerprint density at radius 1 is 0.306 bits per heavy atom. The molecule has 62 heavy (non-hydrogen) atoms. The van der Waals surface area contributed by atoms with E-state index >= 15 is 0 Å². The number of para-hydroxylation sites is 2. The molecule has 1 nitrogen and oxygen atoms in total. The summed E-state index contributed by atoms with van der Waals surface area (Å²) in [5, 5.41) is 0. The fourth-order valence-electron chi connectivity index (χ4n) is 11.8. The molecule has 0 aliphatic heterocycles. The van der Waals surface area contributed by atoms with Gasteiger partial charge in [-0.05, 0) is 120 Å². The lowest BCUT2D eigenvalue weighted by atomic mass is 9.67. The molecule has 0 saturated heterocycles. The molecule has 0 spiro atoms. The molecule has 0 unspecified atom stereocenters. The SMILES string of the molecule is CC1(C)c2ccccc2-c2c1cc(-c1ccccc1N(c1ccccc1)c1cccc(C3(c4ccccc4)c4ccccc4-c4ccccc43)c1)c1c2-c2ccccc2C1(C)C. The van der Waals surface area contributed by atoms with Crippen molar-refractivity contribution in [2.75, 3.05) is 4.90 Å². The van der Waals surface area contributed by atoms with E-state index in [1.54, 1.807) is 0 Å². The van der Waals surface area contributed by atoms with E-state index in [2.05, 4.69) is 245 Å². The van der Waals surface area contributed by atoms with Crippen molar-refractivity contribution in [3.8, 4) is 44.5 Å². The first-order chi connectivity index (χ1) is 30.3. The molecule has 1 heteroatoms. The number of hydrogen-bond acceptors (Lipinski definition) is 1. The standard InChI is InChI=1S/C61H47N/c1-59(2)50-33-16-13-31-47(50)56-54(59)39-49(58-57(56)48-32-14-17-34-51(48)60(58,3)4)46-30-15-20-37-55(46)62(42-25-9-6-10-26-42)43-27-21-24-41(38-43)61(40-22-7-5-8-23-40)52-35-18-11-28-44(52)45-29-12-19-36-53(45)61/h5-39H,1-4H3. The predicted octanol–water partition coefficient (Wildman–Crippen LogP) is 15.8. The van der Waals surface area contributed by atoms with Gasteiger partial charge in [-0.2, -0.15) is 0 Å². The first-order valence-corrected chi connectivity index (χ1v) is 22.0. The highest BCUT2D eigenvalue weighted by molar-refractivity contribution is 6.04. The highest BCUT2D eigenvalue weighted by Crippen LogP contribution is 2.62. The summed E-state index contributed by atoms with van der Waals surface area (Å²) >= 11 is 0. The molecular weight excluding hydrogens is 747 g/mol. The third-order valence-corrected chi connectivity index (χ3v) is 14.5. The van der Waals surface area contributed by atoms with Crippen LogP contribution in [0.2, 0.25) is 0 Å². The van der Waals surface area contributed by atoms with Gasteiger partial charge in [0.25, 0.3) is 0 Å². The highest BCUT2D eigenvalue weighted by Gasteiger charge is 2.47. The lowest BCUT2D eigenvalue weighted by Crippen LogP contribution is -2.28. The molecule has 0 atom stereocenters. The van der Waals surface area contributed by atoms with Gasteiger partial charge in [-0.3, -0.25) is 0 Å². The largest absolute Gasteiger partial charge is 0.310 e. The number of hydrogen-bond donors (Lipinski definition) is 0. The van der Waals surface area contributed by atoms with Crippen LogP contribution < -0.4 is 4.90 Å². The summed E-state index contributed by atoms with van der Waals surface area (Å²) < 4.78 is 0. The van der Waals surface area contributed by atoms with E-state index in [1.807, 2.05) is 0 Å². The van der Waals surface area contributed by atoms with Crippen LogP contribution in [0.4, 0.5) is 17.1 Å². The van der Waals surface area contributed by atoms with Gasteiger partial charge in [0.15, 0.2) is 0 Å². The zero-order chi connectivity index (χ0) is 41.8. The van der Waals surface area contributed by atoms with Gasteiger partial charge in [-0.25, -0.2) is 0 Å². The van der Waals surface area contributed by atoms with Gasteiger partial charge < -0.3 is 4.90 Å². The van der Waals surface area contributed by atoms with E-state index in [1.165, 1.54) is 89.0 Å². The number of fused-ring (bicyclic) bond motifs is 10. The summed E-state index contributed by atoms with van der Waals surface area (Å²) in [6, 6.07) is 79.4. The van der Waals surface area contributed by atoms with E-state index in [9.17, 15) is 0 Å². The first kappa shape index (κ1) is 36.6. The van der Waals surface area contributed by atoms with Crippen molar-refractivity contribution in [3.05, 3.63) is 257 Å². The summed E-state index contributed by atoms with van der Waals surface area (Å²) in [7, 11) is 0. The normalized spacial score (nSPS) is 15.2. The Morgan fingerprint density at radius 3 is 1.42 bits per heavy atom. The van der Waals surface area contributed by atoms with Crippen LogP contribution in [-0.2, 0) is 16.2 Å². The van der Waals surface area contributed by atoms with Crippen LogP contribution in [0.1, 0.15) is 72.2 Å². The summed E-state index contributed by atoms with van der Waals surface area (Å²) in [5.41, 5.74) is 23.8. The van der Waals surface area contributed by atoms with Crippen LogP contribution in [0.3, 0.4) is 0 Å². The van der Waals surface area contributed by atoms with Crippen molar-refractivity contribution < 1.29 is 0 Å². The Balaban J connectivity index is 1.13. The maximum absolute atomic E-state index is 2.57. The van der Waals surface area contributed by atoms with Crippen molar-refractivity contribution in [2.45, 2.75) is 43.9 Å². The minimum atomic E-state index is -0.510. The number of benzene rings is 9. The molecule has 0 amide bonds. The molecule has 0 aromatic heterocycles. The zero-order valence-electron chi connectivity index (χ0n) is 35.7. The van der Waals surface area contributed by atoms with E-state index in [0.29, 0.717) is 0 Å². The van der Waals surface area contributed by atoms with Gasteiger partial charge in [-0.1, -0.05) is 204 Å². The van der Waals surface area contributed by atoms with E-state index in [0.717, 1.165) is 17.1 Å². The average Bonchev–Trinajstić information content (AvgIpc) is 3.85. The molecule has 0 heterocycles. The Hall–Kier alpha value is -7.22. The highest BCUT2D eigenvalue weighted by atomic mass is 15.1. The van der Waals surface area contributed by atoms with Crippen molar-refractivity contribution in [2.24, 2.45) is 0 Å². The van der Waals surface area contributed by atoms with Gasteiger partial charge in [0, 0.05) is 27.8 Å². The first-order valence-electron chi connectivity index (χ1n) is 22.0. The molecule has 9 aromatic rings. The fraction of sp³-hybridized carbons (Fsp3) is 0.115. The van der Waals surface area contributed by atoms with E-state index in [4.69, 9.17) is 0 Å². The second kappa shape index (κ2) is 13.4. The number of nitrogens with zero attached hydrogens (tertiary/aromatic N) is 1. The summed E-state index contributed by atoms with van der Waals surface area (Å²) in [4.78, 5) is 2.50. The molecule has 3 aliphatic rings. The van der Waals surface area contributed by atoms with Crippen LogP contribution in [0, 0.1) is 0 Å². The van der Waals surface area contributed by atoms with Crippen LogP contribution in [0.25, 0.3) is 44.5 Å². The Morgan fingerprint density at radius 2 is 0.774 bits per heavy atom. The molecule has 9 aromatic carbocycles. The quantitative estimate of drug-likeness (QED) is 0.162. The van der Waals surface area contributed by atoms with Crippen LogP contribution >= 0.6 is 0 Å². The molecule has 296 valence electrons. The molecule has 0 radical (unpaired) electrons. The lowest BCUT2D eigenvalue weighted by molar-refractivity contribution is 0.652. The van der Waals surface area contributed by atoms with Gasteiger partial charge >= 0.3 is 0 Å². The number of rotatable bonds is 6. The smallest absolute Gasteiger partial charge is 0.0714 e. The topological polar surface area (TPSA) is 3.24 Å². The molecule has 12 rings (SSSR count). The van der Waals surface area contributed by atoms with E-state index < -0.39 is 5.41 Å². The van der Waals surface area contributed by atoms with Crippen LogP contribution in [-0.4, -0.2) is 0 Å². The van der Waals surface area contributed by atoms with Gasteiger partial charge in [0.2, 0.25) is 0 Å². The molecule has 3 aliphatic carbocycles. The Kier molecular flexibility index (Phi) is 7.91. The van der Waals surface area contributed by atoms with Crippen LogP contribution in [0.5, 0.6) is 0 Å². The summed E-state index contributed by atoms with van der Waals surface area (Å²) in [6.07, 6.45) is 0. The fourth-order valence-corrected chi connectivity index (χ4v) is 11.8. The van der Waals surface area contributed by atoms with E-state index in [-0.39, 0.29) is 10.8 Å². The third-order valence-electron chi connectivity index (χ3n) is 14.5. The Bertz CT molecular complexity index is 3200. The van der Waals surface area contributed by atoms with Crippen molar-refractivity contribution in [1.82, 2.24) is 0 Å². The molecule has 0 bridgehead atoms. The molecular formula is C61H47N. The van der Waals surface area contributed by atoms with Crippen molar-refractivity contribution >= 4 is 17.1 Å². The third kappa shape index (κ3) is 4.91. The van der Waals surface area contributed by atoms with Crippen LogP contribution in [0.15, 0.2) is 212 Å². The minimum absolute atomic E-state index is 0.167. The Labute approximate surface area is 365 Å². The van der Waals surface area contributed by atoms with Gasteiger partial charge in [0.05, 0.1) is 11.1 Å². The average molecular weight is 794 g/mol. The van der Waals surface area contributed by atoms with Crippen molar-refractivity contribution in [1.29, 1.82) is 0 Å². The van der Waals surface area contributed by atoms with Crippen molar-refractivity contribution in [3.63, 3.8) is 0 Å². The maximum atomic E-state index is 2.57. The monoisotopic (exact) mass is 793 g/mol. The second-order valence-corrected chi connectivity index (χ2v) is 18.4. The molecule has 0 fully saturated rings. The summed E-state index contributed by atoms with van der Waals surface area (Å²) in [5.74, 6) is 0. The lowest BCUT2D eigenvalue weighted by Gasteiger charge is -2.35. The molecule has 0 saturated carbocycles. The minimum Gasteiger partial charge on any atom is -0.310 e. The summed E-state index contributed by atoms with van der Waals surface area (Å²) in [6.45, 7) is 9.69.